The number of rotatable bonds is 7. The Bertz CT molecular complexity index is 3350. The van der Waals surface area contributed by atoms with E-state index in [0.717, 1.165) is 61.8 Å². The molecule has 0 radical (unpaired) electrons. The number of fused-ring (bicyclic) bond motifs is 4. The summed E-state index contributed by atoms with van der Waals surface area (Å²) in [5.74, 6) is 0.186. The molecule has 1 aliphatic rings. The Labute approximate surface area is 382 Å². The molecule has 0 saturated heterocycles. The summed E-state index contributed by atoms with van der Waals surface area (Å²) in [5, 5.41) is 12.1. The van der Waals surface area contributed by atoms with Crippen molar-refractivity contribution in [2.45, 2.75) is 26.2 Å². The fourth-order valence-corrected chi connectivity index (χ4v) is 9.52. The van der Waals surface area contributed by atoms with Gasteiger partial charge in [-0.3, -0.25) is 9.97 Å². The summed E-state index contributed by atoms with van der Waals surface area (Å²) in [4.78, 5) is 10.3. The third-order valence-corrected chi connectivity index (χ3v) is 12.4. The molecule has 0 fully saturated rings. The second-order valence-electron chi connectivity index (χ2n) is 16.7. The number of aromatic hydroxyl groups is 1. The minimum absolute atomic E-state index is 0. The van der Waals surface area contributed by atoms with Crippen molar-refractivity contribution in [2.75, 3.05) is 0 Å². The molecule has 7 aromatic carbocycles. The molecule has 1 N–H and O–H groups in total. The van der Waals surface area contributed by atoms with E-state index >= 15 is 0 Å². The zero-order valence-corrected chi connectivity index (χ0v) is 37.4. The summed E-state index contributed by atoms with van der Waals surface area (Å²) in [5.41, 5.74) is 19.6. The Balaban J connectivity index is 0.00000471. The zero-order valence-electron chi connectivity index (χ0n) is 35.1. The van der Waals surface area contributed by atoms with Gasteiger partial charge in [-0.25, -0.2) is 0 Å². The maximum absolute atomic E-state index is 10.9. The molecule has 4 nitrogen and oxygen atoms in total. The monoisotopic (exact) mass is 991 g/mol. The minimum Gasteiger partial charge on any atom is -0.507 e. The van der Waals surface area contributed by atoms with E-state index in [1.165, 1.54) is 38.8 Å². The van der Waals surface area contributed by atoms with Crippen LogP contribution in [0.15, 0.2) is 194 Å². The number of hydrogen-bond donors (Lipinski definition) is 1. The summed E-state index contributed by atoms with van der Waals surface area (Å²) in [6, 6.07) is 71.4. The van der Waals surface area contributed by atoms with Gasteiger partial charge in [-0.1, -0.05) is 152 Å². The number of phenols is 1. The molecule has 63 heavy (non-hydrogen) atoms. The molecule has 5 heteroatoms. The van der Waals surface area contributed by atoms with E-state index in [9.17, 15) is 5.11 Å². The van der Waals surface area contributed by atoms with Crippen LogP contribution in [0.25, 0.3) is 95.0 Å². The van der Waals surface area contributed by atoms with E-state index < -0.39 is 0 Å². The molecule has 0 amide bonds. The normalized spacial score (nSPS) is 12.4. The van der Waals surface area contributed by atoms with Crippen molar-refractivity contribution in [3.05, 3.63) is 217 Å². The fourth-order valence-electron chi connectivity index (χ4n) is 9.52. The van der Waals surface area contributed by atoms with E-state index in [1.807, 2.05) is 48.5 Å². The van der Waals surface area contributed by atoms with E-state index in [2.05, 4.69) is 171 Å². The second-order valence-corrected chi connectivity index (χ2v) is 16.7. The van der Waals surface area contributed by atoms with Crippen LogP contribution in [-0.2, 0) is 26.5 Å². The third kappa shape index (κ3) is 6.92. The van der Waals surface area contributed by atoms with Crippen molar-refractivity contribution in [2.24, 2.45) is 0 Å². The quantitative estimate of drug-likeness (QED) is 0.162. The van der Waals surface area contributed by atoms with Crippen molar-refractivity contribution in [3.8, 4) is 89.8 Å². The predicted octanol–water partition coefficient (Wildman–Crippen LogP) is 14.5. The predicted molar refractivity (Wildman–Crippen MR) is 254 cm³/mol. The van der Waals surface area contributed by atoms with Gasteiger partial charge >= 0.3 is 0 Å². The van der Waals surface area contributed by atoms with Gasteiger partial charge in [0.15, 0.2) is 0 Å². The average molecular weight is 992 g/mol. The first-order chi connectivity index (χ1) is 30.3. The largest absolute Gasteiger partial charge is 0.507 e. The Morgan fingerprint density at radius 2 is 1.11 bits per heavy atom. The standard InChI is InChI=1S/C58H42N3O.Pt/c1-37-31-43(36-51(59-37)39-19-16-20-40(32-39)52-34-42(38-17-6-4-7-18-38)35-53(60-52)47-24-12-15-28-55(47)62)57-56(48-25-11-14-27-54(48)61(57)44-21-8-5-9-22-44)41-29-30-46-45-23-10-13-26-49(45)58(2,3)50(46)33-41;/h4-31,33-36,62H,1-3H3;/q-1;. The van der Waals surface area contributed by atoms with Gasteiger partial charge in [-0.15, -0.1) is 24.3 Å². The Morgan fingerprint density at radius 3 is 1.89 bits per heavy atom. The SMILES string of the molecule is Cc1cc(-c2c(-c3ccc4c(c3)C(C)(C)c3ccccc3-4)c3ccccc3n2-c2ccccc2)cc(-c2[c-]c(-c3cc(-c4ccccc4)cc(-c4ccccc4O)n3)ccc2)n1.[Pt]. The maximum Gasteiger partial charge on any atom is 0.124 e. The van der Waals surface area contributed by atoms with Gasteiger partial charge in [-0.2, -0.15) is 0 Å². The van der Waals surface area contributed by atoms with Crippen molar-refractivity contribution < 1.29 is 26.2 Å². The van der Waals surface area contributed by atoms with Crippen molar-refractivity contribution in [1.82, 2.24) is 14.5 Å². The van der Waals surface area contributed by atoms with Crippen LogP contribution in [0.5, 0.6) is 5.75 Å². The third-order valence-electron chi connectivity index (χ3n) is 12.4. The summed E-state index contributed by atoms with van der Waals surface area (Å²) >= 11 is 0. The molecule has 0 spiro atoms. The first-order valence-electron chi connectivity index (χ1n) is 21.1. The maximum atomic E-state index is 10.9. The average Bonchev–Trinajstić information content (AvgIpc) is 3.78. The number of para-hydroxylation sites is 3. The van der Waals surface area contributed by atoms with E-state index in [-0.39, 0.29) is 32.2 Å². The van der Waals surface area contributed by atoms with Crippen LogP contribution in [0.2, 0.25) is 0 Å². The molecule has 0 atom stereocenters. The van der Waals surface area contributed by atoms with Gasteiger partial charge in [0, 0.05) is 65.8 Å². The van der Waals surface area contributed by atoms with E-state index in [0.29, 0.717) is 11.3 Å². The topological polar surface area (TPSA) is 50.9 Å². The number of phenolic OH excluding ortho intramolecular Hbond substituents is 1. The molecule has 11 rings (SSSR count). The van der Waals surface area contributed by atoms with Gasteiger partial charge in [0.2, 0.25) is 0 Å². The minimum atomic E-state index is -0.140. The molecule has 3 aromatic heterocycles. The number of aromatic nitrogens is 3. The molecule has 306 valence electrons. The van der Waals surface area contributed by atoms with Gasteiger partial charge in [-0.05, 0) is 100.0 Å². The van der Waals surface area contributed by atoms with Gasteiger partial charge in [0.1, 0.15) is 5.75 Å². The van der Waals surface area contributed by atoms with Crippen molar-refractivity contribution >= 4 is 10.9 Å². The smallest absolute Gasteiger partial charge is 0.124 e. The molecule has 0 saturated carbocycles. The van der Waals surface area contributed by atoms with Crippen molar-refractivity contribution in [3.63, 3.8) is 0 Å². The number of pyridine rings is 2. The number of benzene rings is 7. The molecule has 0 bridgehead atoms. The van der Waals surface area contributed by atoms with Crippen LogP contribution in [-0.4, -0.2) is 19.6 Å². The van der Waals surface area contributed by atoms with Crippen LogP contribution in [0.1, 0.15) is 30.7 Å². The number of aryl methyl sites for hydroxylation is 1. The summed E-state index contributed by atoms with van der Waals surface area (Å²) in [6.45, 7) is 6.77. The summed E-state index contributed by atoms with van der Waals surface area (Å²) < 4.78 is 2.41. The molecule has 0 unspecified atom stereocenters. The van der Waals surface area contributed by atoms with Crippen LogP contribution >= 0.6 is 0 Å². The van der Waals surface area contributed by atoms with Crippen LogP contribution in [0.4, 0.5) is 0 Å². The molecular weight excluding hydrogens is 950 g/mol. The molecule has 1 aliphatic carbocycles. The molecular formula is C58H42N3OPt-. The Hall–Kier alpha value is -7.13. The zero-order chi connectivity index (χ0) is 42.0. The molecule has 3 heterocycles. The number of nitrogens with zero attached hydrogens (tertiary/aromatic N) is 3. The summed E-state index contributed by atoms with van der Waals surface area (Å²) in [6.07, 6.45) is 0. The van der Waals surface area contributed by atoms with Crippen LogP contribution < -0.4 is 0 Å². The van der Waals surface area contributed by atoms with Crippen LogP contribution in [0.3, 0.4) is 0 Å². The van der Waals surface area contributed by atoms with Crippen LogP contribution in [0, 0.1) is 13.0 Å². The van der Waals surface area contributed by atoms with E-state index in [1.54, 1.807) is 6.07 Å². The second kappa shape index (κ2) is 16.0. The fraction of sp³-hybridized carbons (Fsp3) is 0.0690. The van der Waals surface area contributed by atoms with Crippen molar-refractivity contribution in [1.29, 1.82) is 0 Å². The molecule has 10 aromatic rings. The Morgan fingerprint density at radius 1 is 0.492 bits per heavy atom. The first-order valence-corrected chi connectivity index (χ1v) is 21.1. The number of hydrogen-bond acceptors (Lipinski definition) is 3. The molecule has 0 aliphatic heterocycles. The first kappa shape index (κ1) is 40.0. The Kier molecular flexibility index (Phi) is 10.1. The van der Waals surface area contributed by atoms with Gasteiger partial charge in [0.25, 0.3) is 0 Å². The van der Waals surface area contributed by atoms with Gasteiger partial charge < -0.3 is 9.67 Å². The summed E-state index contributed by atoms with van der Waals surface area (Å²) in [7, 11) is 0. The van der Waals surface area contributed by atoms with Gasteiger partial charge in [0.05, 0.1) is 16.9 Å². The van der Waals surface area contributed by atoms with E-state index in [4.69, 9.17) is 9.97 Å².